The number of ether oxygens (including phenoxy) is 1. The molecule has 0 amide bonds. The van der Waals surface area contributed by atoms with Crippen LogP contribution < -0.4 is 0 Å². The third kappa shape index (κ3) is 2.36. The van der Waals surface area contributed by atoms with Crippen molar-refractivity contribution < 1.29 is 26.2 Å². The molecule has 6 nitrogen and oxygen atoms in total. The number of hydrogen-bond donors (Lipinski definition) is 3. The van der Waals surface area contributed by atoms with Gasteiger partial charge in [0.25, 0.3) is 0 Å². The van der Waals surface area contributed by atoms with Crippen LogP contribution in [0, 0.1) is 0 Å². The van der Waals surface area contributed by atoms with E-state index in [0.717, 1.165) is 8.87 Å². The second kappa shape index (κ2) is 5.28. The summed E-state index contributed by atoms with van der Waals surface area (Å²) in [6, 6.07) is 0. The molecule has 0 saturated carbocycles. The van der Waals surface area contributed by atoms with Gasteiger partial charge in [0, 0.05) is 0 Å². The molecule has 100 valence electrons. The maximum atomic E-state index is 10.0. The van der Waals surface area contributed by atoms with Crippen LogP contribution in [-0.4, -0.2) is 71.8 Å². The van der Waals surface area contributed by atoms with Gasteiger partial charge in [-0.3, -0.25) is 0 Å². The van der Waals surface area contributed by atoms with Gasteiger partial charge in [0.05, 0.1) is 0 Å². The molecule has 0 aromatic rings. The van der Waals surface area contributed by atoms with Crippen LogP contribution in [-0.2, 0) is 10.9 Å². The Morgan fingerprint density at radius 3 is 2.18 bits per heavy atom. The first kappa shape index (κ1) is 14.0. The van der Waals surface area contributed by atoms with Crippen LogP contribution >= 0.6 is 0 Å². The Bertz CT molecular complexity index is 272. The van der Waals surface area contributed by atoms with Gasteiger partial charge in [-0.2, -0.15) is 0 Å². The van der Waals surface area contributed by atoms with E-state index in [9.17, 15) is 10.2 Å². The summed E-state index contributed by atoms with van der Waals surface area (Å²) in [6.07, 6.45) is -4.04. The third-order valence-electron chi connectivity index (χ3n) is 3.60. The average Bonchev–Trinajstić information content (AvgIpc) is 2.75. The third-order valence-corrected chi connectivity index (χ3v) is 13.8. The fourth-order valence-corrected chi connectivity index (χ4v) is 10.2. The zero-order chi connectivity index (χ0) is 12.6. The summed E-state index contributed by atoms with van der Waals surface area (Å²) in [7, 11) is 0. The number of hydrogen-bond acceptors (Lipinski definition) is 6. The zero-order valence-electron chi connectivity index (χ0n) is 10.1. The monoisotopic (exact) mass is 356 g/mol. The van der Waals surface area contributed by atoms with Gasteiger partial charge in [-0.25, -0.2) is 0 Å². The van der Waals surface area contributed by atoms with Gasteiger partial charge in [-0.05, 0) is 0 Å². The van der Waals surface area contributed by atoms with Crippen molar-refractivity contribution in [3.63, 3.8) is 0 Å². The van der Waals surface area contributed by atoms with E-state index in [-0.39, 0.29) is 6.61 Å². The van der Waals surface area contributed by atoms with Crippen LogP contribution in [0.25, 0.3) is 0 Å². The van der Waals surface area contributed by atoms with Crippen molar-refractivity contribution in [1.82, 2.24) is 0 Å². The van der Waals surface area contributed by atoms with Gasteiger partial charge < -0.3 is 0 Å². The summed E-state index contributed by atoms with van der Waals surface area (Å²) in [5.41, 5.74) is 0. The summed E-state index contributed by atoms with van der Waals surface area (Å²) in [5.74, 6) is 0. The van der Waals surface area contributed by atoms with Crippen LogP contribution in [0.4, 0.5) is 0 Å². The van der Waals surface area contributed by atoms with E-state index < -0.39 is 49.9 Å². The molecular weight excluding hydrogens is 335 g/mol. The minimum absolute atomic E-state index is 0.342. The summed E-state index contributed by atoms with van der Waals surface area (Å²) >= 11 is -3.11. The Balaban J connectivity index is 2.17. The van der Waals surface area contributed by atoms with E-state index in [1.54, 1.807) is 0 Å². The Kier molecular flexibility index (Phi) is 4.34. The quantitative estimate of drug-likeness (QED) is 0.582. The van der Waals surface area contributed by atoms with Crippen LogP contribution in [0.3, 0.4) is 0 Å². The number of rotatable bonds is 3. The van der Waals surface area contributed by atoms with Crippen LogP contribution in [0.5, 0.6) is 0 Å². The molecule has 2 saturated heterocycles. The van der Waals surface area contributed by atoms with Crippen LogP contribution in [0.2, 0.25) is 8.87 Å². The van der Waals surface area contributed by atoms with E-state index in [0.29, 0.717) is 0 Å². The van der Waals surface area contributed by atoms with E-state index in [1.165, 1.54) is 0 Å². The molecule has 0 aliphatic carbocycles. The van der Waals surface area contributed by atoms with Gasteiger partial charge in [-0.15, -0.1) is 0 Å². The molecule has 0 radical (unpaired) electrons. The Hall–Kier alpha value is 0.559. The van der Waals surface area contributed by atoms with Gasteiger partial charge in [0.15, 0.2) is 0 Å². The molecule has 2 heterocycles. The predicted molar refractivity (Wildman–Crippen MR) is 60.4 cm³/mol. The molecule has 5 atom stereocenters. The molecule has 7 heteroatoms. The SMILES string of the molecule is C[CH2][Sn]1([CH2]C)[O][C@@H]2[C@@H]([O]1)[C@H](O)[C@@H](CO)O[C@H]2O. The maximum absolute atomic E-state index is 10.0. The van der Waals surface area contributed by atoms with Gasteiger partial charge in [0.1, 0.15) is 0 Å². The predicted octanol–water partition coefficient (Wildman–Crippen LogP) is -0.677. The van der Waals surface area contributed by atoms with Gasteiger partial charge in [0.2, 0.25) is 0 Å². The molecule has 2 rings (SSSR count). The van der Waals surface area contributed by atoms with E-state index in [2.05, 4.69) is 0 Å². The first-order chi connectivity index (χ1) is 8.06. The summed E-state index contributed by atoms with van der Waals surface area (Å²) in [4.78, 5) is 0. The number of aliphatic hydroxyl groups excluding tert-OH is 3. The topological polar surface area (TPSA) is 88.4 Å². The molecule has 2 fully saturated rings. The van der Waals surface area contributed by atoms with Crippen molar-refractivity contribution in [3.05, 3.63) is 0 Å². The average molecular weight is 355 g/mol. The second-order valence-corrected chi connectivity index (χ2v) is 15.1. The molecule has 2 aliphatic rings. The Morgan fingerprint density at radius 2 is 1.65 bits per heavy atom. The number of fused-ring (bicyclic) bond motifs is 1. The van der Waals surface area contributed by atoms with Crippen LogP contribution in [0.15, 0.2) is 0 Å². The van der Waals surface area contributed by atoms with Crippen molar-refractivity contribution >= 4 is 19.2 Å². The van der Waals surface area contributed by atoms with Gasteiger partial charge in [-0.1, -0.05) is 0 Å². The van der Waals surface area contributed by atoms with E-state index in [4.69, 9.17) is 16.0 Å². The zero-order valence-corrected chi connectivity index (χ0v) is 12.9. The summed E-state index contributed by atoms with van der Waals surface area (Å²) in [6.45, 7) is 3.69. The molecule has 2 aliphatic heterocycles. The molecule has 0 bridgehead atoms. The van der Waals surface area contributed by atoms with Gasteiger partial charge >= 0.3 is 105 Å². The molecular formula is C10H20O6Sn. The fourth-order valence-electron chi connectivity index (χ4n) is 2.43. The van der Waals surface area contributed by atoms with Crippen molar-refractivity contribution in [2.75, 3.05) is 6.61 Å². The van der Waals surface area contributed by atoms with Crippen molar-refractivity contribution in [1.29, 1.82) is 0 Å². The first-order valence-corrected chi connectivity index (χ1v) is 12.4. The second-order valence-electron chi connectivity index (χ2n) is 4.52. The molecule has 0 aromatic carbocycles. The Morgan fingerprint density at radius 1 is 1.06 bits per heavy atom. The molecule has 0 unspecified atom stereocenters. The van der Waals surface area contributed by atoms with E-state index >= 15 is 0 Å². The first-order valence-electron chi connectivity index (χ1n) is 6.05. The van der Waals surface area contributed by atoms with E-state index in [1.807, 2.05) is 13.8 Å². The minimum atomic E-state index is -3.11. The van der Waals surface area contributed by atoms with Crippen LogP contribution in [0.1, 0.15) is 13.8 Å². The molecule has 17 heavy (non-hydrogen) atoms. The standard InChI is InChI=1S/C6H10O6.2C2H5.Sn/c7-1-2-3(8)4(9)5(10)6(11)12-2;2*1-2;/h2-8,11H,1H2;2*1H2,2H3;/q-2;;;+2/t2-,3-,4+,5-,6-;;;/m1.../s1. The summed E-state index contributed by atoms with van der Waals surface area (Å²) in [5, 5.41) is 28.9. The fraction of sp³-hybridized carbons (Fsp3) is 1.00. The Labute approximate surface area is 105 Å². The molecule has 0 aromatic heterocycles. The molecule has 3 N–H and O–H groups in total. The normalized spacial score (nSPS) is 44.6. The number of aliphatic hydroxyl groups is 3. The summed E-state index contributed by atoms with van der Waals surface area (Å²) < 4.78 is 18.6. The van der Waals surface area contributed by atoms with Crippen molar-refractivity contribution in [3.8, 4) is 0 Å². The molecule has 0 spiro atoms. The van der Waals surface area contributed by atoms with Crippen molar-refractivity contribution in [2.45, 2.75) is 53.4 Å². The van der Waals surface area contributed by atoms with Crippen molar-refractivity contribution in [2.24, 2.45) is 0 Å².